The van der Waals surface area contributed by atoms with Crippen molar-refractivity contribution in [3.8, 4) is 0 Å². The van der Waals surface area contributed by atoms with E-state index in [4.69, 9.17) is 5.11 Å². The van der Waals surface area contributed by atoms with Crippen LogP contribution >= 0.6 is 0 Å². The summed E-state index contributed by atoms with van der Waals surface area (Å²) in [7, 11) is -3.54. The summed E-state index contributed by atoms with van der Waals surface area (Å²) < 4.78 is 28.3. The van der Waals surface area contributed by atoms with Crippen molar-refractivity contribution in [2.24, 2.45) is 0 Å². The minimum atomic E-state index is -3.54. The van der Waals surface area contributed by atoms with Crippen LogP contribution in [0.15, 0.2) is 18.2 Å². The van der Waals surface area contributed by atoms with Gasteiger partial charge in [0.05, 0.1) is 11.3 Å². The van der Waals surface area contributed by atoms with E-state index in [1.165, 1.54) is 20.7 Å². The fourth-order valence-corrected chi connectivity index (χ4v) is 4.70. The molecule has 0 spiro atoms. The Morgan fingerprint density at radius 1 is 1.10 bits per heavy atom. The molecule has 7 heteroatoms. The third-order valence-electron chi connectivity index (χ3n) is 4.10. The van der Waals surface area contributed by atoms with Gasteiger partial charge in [-0.1, -0.05) is 12.5 Å². The molecule has 1 N–H and O–H groups in total. The number of carboxylic acid groups (broad SMARTS) is 1. The first-order chi connectivity index (χ1) is 10.00. The number of anilines is 1. The van der Waals surface area contributed by atoms with Gasteiger partial charge < -0.3 is 5.11 Å². The van der Waals surface area contributed by atoms with Gasteiger partial charge in [-0.25, -0.2) is 4.79 Å². The zero-order chi connectivity index (χ0) is 15.0. The molecule has 3 rings (SSSR count). The van der Waals surface area contributed by atoms with E-state index < -0.39 is 16.2 Å². The molecule has 6 nitrogen and oxygen atoms in total. The summed E-state index contributed by atoms with van der Waals surface area (Å²) in [6.07, 6.45) is 3.46. The van der Waals surface area contributed by atoms with E-state index in [1.54, 1.807) is 6.07 Å². The maximum atomic E-state index is 12.7. The molecule has 2 aliphatic heterocycles. The molecule has 2 heterocycles. The lowest BCUT2D eigenvalue weighted by Gasteiger charge is -2.31. The summed E-state index contributed by atoms with van der Waals surface area (Å²) in [5.74, 6) is -1.04. The van der Waals surface area contributed by atoms with Crippen molar-refractivity contribution in [1.82, 2.24) is 4.31 Å². The van der Waals surface area contributed by atoms with Crippen LogP contribution in [-0.2, 0) is 16.6 Å². The Morgan fingerprint density at radius 2 is 1.81 bits per heavy atom. The van der Waals surface area contributed by atoms with Crippen molar-refractivity contribution in [3.63, 3.8) is 0 Å². The third-order valence-corrected chi connectivity index (χ3v) is 6.06. The Kier molecular flexibility index (Phi) is 3.62. The number of hydrogen-bond acceptors (Lipinski definition) is 3. The number of aromatic carboxylic acids is 1. The smallest absolute Gasteiger partial charge is 0.335 e. The number of carbonyl (C=O) groups is 1. The first-order valence-electron chi connectivity index (χ1n) is 7.14. The standard InChI is InChI=1S/C14H18N2O4S/c17-14(18)12-5-4-11-6-9-16(13(11)10-12)21(19,20)15-7-2-1-3-8-15/h4-5,10H,1-3,6-9H2,(H,17,18). The molecular formula is C14H18N2O4S. The second kappa shape index (κ2) is 5.31. The van der Waals surface area contributed by atoms with Gasteiger partial charge in [0.25, 0.3) is 0 Å². The highest BCUT2D eigenvalue weighted by atomic mass is 32.2. The molecule has 0 atom stereocenters. The highest BCUT2D eigenvalue weighted by Gasteiger charge is 2.35. The van der Waals surface area contributed by atoms with Crippen LogP contribution in [0, 0.1) is 0 Å². The molecule has 0 aliphatic carbocycles. The SMILES string of the molecule is O=C(O)c1ccc2c(c1)N(S(=O)(=O)N1CCCCC1)CC2. The van der Waals surface area contributed by atoms with Crippen LogP contribution in [-0.4, -0.2) is 43.4 Å². The first-order valence-corrected chi connectivity index (χ1v) is 8.54. The lowest BCUT2D eigenvalue weighted by molar-refractivity contribution is 0.0697. The fourth-order valence-electron chi connectivity index (χ4n) is 2.96. The number of fused-ring (bicyclic) bond motifs is 1. The molecule has 0 saturated carbocycles. The molecule has 21 heavy (non-hydrogen) atoms. The van der Waals surface area contributed by atoms with Crippen LogP contribution in [0.4, 0.5) is 5.69 Å². The van der Waals surface area contributed by atoms with Gasteiger partial charge in [0.1, 0.15) is 0 Å². The summed E-state index contributed by atoms with van der Waals surface area (Å²) in [5.41, 5.74) is 1.52. The molecule has 0 radical (unpaired) electrons. The zero-order valence-corrected chi connectivity index (χ0v) is 12.5. The average Bonchev–Trinajstić information content (AvgIpc) is 2.91. The predicted octanol–water partition coefficient (Wildman–Crippen LogP) is 1.48. The molecule has 0 aromatic heterocycles. The summed E-state index contributed by atoms with van der Waals surface area (Å²) >= 11 is 0. The van der Waals surface area contributed by atoms with Crippen LogP contribution in [0.5, 0.6) is 0 Å². The molecule has 2 aliphatic rings. The summed E-state index contributed by atoms with van der Waals surface area (Å²) in [5, 5.41) is 9.08. The van der Waals surface area contributed by atoms with Crippen molar-refractivity contribution < 1.29 is 18.3 Å². The Hall–Kier alpha value is -1.60. The highest BCUT2D eigenvalue weighted by molar-refractivity contribution is 7.90. The van der Waals surface area contributed by atoms with E-state index in [-0.39, 0.29) is 5.56 Å². The molecule has 0 amide bonds. The summed E-state index contributed by atoms with van der Waals surface area (Å²) in [6.45, 7) is 1.48. The Balaban J connectivity index is 1.95. The van der Waals surface area contributed by atoms with Crippen LogP contribution in [0.3, 0.4) is 0 Å². The van der Waals surface area contributed by atoms with E-state index in [9.17, 15) is 13.2 Å². The maximum Gasteiger partial charge on any atom is 0.335 e. The van der Waals surface area contributed by atoms with Gasteiger partial charge in [-0.15, -0.1) is 0 Å². The topological polar surface area (TPSA) is 77.9 Å². The molecule has 114 valence electrons. The van der Waals surface area contributed by atoms with Gasteiger partial charge in [0, 0.05) is 19.6 Å². The molecule has 1 aromatic carbocycles. The van der Waals surface area contributed by atoms with Crippen molar-refractivity contribution in [3.05, 3.63) is 29.3 Å². The van der Waals surface area contributed by atoms with Crippen molar-refractivity contribution in [1.29, 1.82) is 0 Å². The van der Waals surface area contributed by atoms with Gasteiger partial charge in [-0.05, 0) is 37.0 Å². The zero-order valence-electron chi connectivity index (χ0n) is 11.7. The molecular weight excluding hydrogens is 292 g/mol. The quantitative estimate of drug-likeness (QED) is 0.917. The second-order valence-electron chi connectivity index (χ2n) is 5.44. The second-order valence-corrected chi connectivity index (χ2v) is 7.29. The Labute approximate surface area is 124 Å². The predicted molar refractivity (Wildman–Crippen MR) is 78.8 cm³/mol. The number of rotatable bonds is 3. The number of piperidine rings is 1. The molecule has 0 bridgehead atoms. The van der Waals surface area contributed by atoms with Gasteiger partial charge in [-0.2, -0.15) is 12.7 Å². The summed E-state index contributed by atoms with van der Waals surface area (Å²) in [4.78, 5) is 11.1. The molecule has 1 fully saturated rings. The minimum Gasteiger partial charge on any atom is -0.478 e. The Morgan fingerprint density at radius 3 is 2.48 bits per heavy atom. The maximum absolute atomic E-state index is 12.7. The molecule has 1 aromatic rings. The third kappa shape index (κ3) is 2.51. The van der Waals surface area contributed by atoms with Crippen LogP contribution in [0.1, 0.15) is 35.2 Å². The number of hydrogen-bond donors (Lipinski definition) is 1. The number of carboxylic acids is 1. The van der Waals surface area contributed by atoms with E-state index in [0.29, 0.717) is 31.7 Å². The minimum absolute atomic E-state index is 0.120. The lowest BCUT2D eigenvalue weighted by Crippen LogP contribution is -2.45. The van der Waals surface area contributed by atoms with Crippen LogP contribution in [0.2, 0.25) is 0 Å². The highest BCUT2D eigenvalue weighted by Crippen LogP contribution is 2.33. The van der Waals surface area contributed by atoms with E-state index in [1.807, 2.05) is 0 Å². The van der Waals surface area contributed by atoms with Crippen LogP contribution in [0.25, 0.3) is 0 Å². The molecule has 1 saturated heterocycles. The molecule has 0 unspecified atom stereocenters. The lowest BCUT2D eigenvalue weighted by atomic mass is 10.1. The average molecular weight is 310 g/mol. The van der Waals surface area contributed by atoms with Crippen molar-refractivity contribution >= 4 is 21.9 Å². The normalized spacial score (nSPS) is 19.5. The largest absolute Gasteiger partial charge is 0.478 e. The Bertz CT molecular complexity index is 666. The van der Waals surface area contributed by atoms with Gasteiger partial charge >= 0.3 is 16.2 Å². The van der Waals surface area contributed by atoms with Crippen molar-refractivity contribution in [2.75, 3.05) is 23.9 Å². The van der Waals surface area contributed by atoms with Crippen LogP contribution < -0.4 is 4.31 Å². The van der Waals surface area contributed by atoms with E-state index >= 15 is 0 Å². The summed E-state index contributed by atoms with van der Waals surface area (Å²) in [6, 6.07) is 4.70. The van der Waals surface area contributed by atoms with E-state index in [0.717, 1.165) is 24.8 Å². The first kappa shape index (κ1) is 14.3. The number of nitrogens with zero attached hydrogens (tertiary/aromatic N) is 2. The van der Waals surface area contributed by atoms with Crippen molar-refractivity contribution in [2.45, 2.75) is 25.7 Å². The van der Waals surface area contributed by atoms with E-state index in [2.05, 4.69) is 0 Å². The monoisotopic (exact) mass is 310 g/mol. The fraction of sp³-hybridized carbons (Fsp3) is 0.500. The number of benzene rings is 1. The van der Waals surface area contributed by atoms with Gasteiger partial charge in [-0.3, -0.25) is 4.31 Å². The van der Waals surface area contributed by atoms with Gasteiger partial charge in [0.15, 0.2) is 0 Å². The van der Waals surface area contributed by atoms with Gasteiger partial charge in [0.2, 0.25) is 0 Å².